The summed E-state index contributed by atoms with van der Waals surface area (Å²) in [7, 11) is 1.52. The number of hydrogen-bond donors (Lipinski definition) is 2. The van der Waals surface area contributed by atoms with E-state index in [2.05, 4.69) is 25.5 Å². The van der Waals surface area contributed by atoms with Crippen LogP contribution in [0.2, 0.25) is 0 Å². The Morgan fingerprint density at radius 1 is 0.926 bits per heavy atom. The van der Waals surface area contributed by atoms with Gasteiger partial charge in [-0.1, -0.05) is 30.7 Å². The Morgan fingerprint density at radius 2 is 1.69 bits per heavy atom. The Balaban J connectivity index is 1.18. The number of hydrogen-bond acceptors (Lipinski definition) is 10. The molecule has 2 aliphatic heterocycles. The number of carbonyl (C=O) groups excluding carboxylic acids is 2. The van der Waals surface area contributed by atoms with Crippen molar-refractivity contribution < 1.29 is 32.9 Å². The van der Waals surface area contributed by atoms with Crippen molar-refractivity contribution in [3.8, 4) is 23.1 Å². The summed E-state index contributed by atoms with van der Waals surface area (Å²) in [4.78, 5) is 39.7. The standard InChI is InChI=1S/C41H49FN6O6/c1-28-9-7-10-29(2)38(28)45-39(50)32-27-43-41(44-31-13-15-34(33(42)26-31)53-22-8-19-47-17-5-4-6-18-47)46-40(32)54-35-14-11-30(25-36(35)51-3)12-16-37(49)48-20-23-52-24-21-48/h7,9-11,13-15,25-27H,4-6,8,12,16-24H2,1-3H3,(H,45,50)(H,43,44,46). The molecule has 13 heteroatoms. The first-order valence-electron chi connectivity index (χ1n) is 18.6. The largest absolute Gasteiger partial charge is 0.493 e. The number of aromatic nitrogens is 2. The molecule has 0 atom stereocenters. The predicted octanol–water partition coefficient (Wildman–Crippen LogP) is 7.08. The minimum Gasteiger partial charge on any atom is -0.493 e. The van der Waals surface area contributed by atoms with Gasteiger partial charge in [0.15, 0.2) is 23.1 Å². The smallest absolute Gasteiger partial charge is 0.262 e. The van der Waals surface area contributed by atoms with E-state index in [-0.39, 0.29) is 29.0 Å². The van der Waals surface area contributed by atoms with Crippen molar-refractivity contribution in [1.29, 1.82) is 0 Å². The van der Waals surface area contributed by atoms with Crippen LogP contribution >= 0.6 is 0 Å². The van der Waals surface area contributed by atoms with E-state index in [1.807, 2.05) is 43.0 Å². The molecule has 286 valence electrons. The van der Waals surface area contributed by atoms with Gasteiger partial charge in [-0.05, 0) is 93.6 Å². The highest BCUT2D eigenvalue weighted by atomic mass is 19.1. The molecule has 0 aliphatic carbocycles. The first kappa shape index (κ1) is 38.5. The van der Waals surface area contributed by atoms with Crippen molar-refractivity contribution in [2.45, 2.75) is 52.4 Å². The second-order valence-electron chi connectivity index (χ2n) is 13.6. The number of carbonyl (C=O) groups is 2. The molecule has 54 heavy (non-hydrogen) atoms. The zero-order chi connectivity index (χ0) is 37.9. The fourth-order valence-corrected chi connectivity index (χ4v) is 6.61. The van der Waals surface area contributed by atoms with E-state index in [1.54, 1.807) is 24.3 Å². The first-order valence-corrected chi connectivity index (χ1v) is 18.6. The van der Waals surface area contributed by atoms with Crippen molar-refractivity contribution in [3.63, 3.8) is 0 Å². The maximum atomic E-state index is 15.1. The molecular formula is C41H49FN6O6. The number of piperidine rings is 1. The molecule has 4 aromatic rings. The lowest BCUT2D eigenvalue weighted by Crippen LogP contribution is -2.40. The molecule has 0 unspecified atom stereocenters. The zero-order valence-electron chi connectivity index (χ0n) is 31.3. The van der Waals surface area contributed by atoms with Crippen LogP contribution in [0, 0.1) is 19.7 Å². The van der Waals surface area contributed by atoms with Crippen molar-refractivity contribution in [2.75, 3.05) is 70.3 Å². The summed E-state index contributed by atoms with van der Waals surface area (Å²) in [6, 6.07) is 15.7. The second-order valence-corrected chi connectivity index (χ2v) is 13.6. The number of morpholine rings is 1. The van der Waals surface area contributed by atoms with Crippen LogP contribution in [0.5, 0.6) is 23.1 Å². The summed E-state index contributed by atoms with van der Waals surface area (Å²) in [5.41, 5.74) is 3.81. The van der Waals surface area contributed by atoms with Gasteiger partial charge in [-0.25, -0.2) is 9.37 Å². The second kappa shape index (κ2) is 18.7. The van der Waals surface area contributed by atoms with Crippen LogP contribution in [-0.2, 0) is 16.0 Å². The fraction of sp³-hybridized carbons (Fsp3) is 0.415. The molecule has 3 aromatic carbocycles. The van der Waals surface area contributed by atoms with E-state index >= 15 is 4.39 Å². The summed E-state index contributed by atoms with van der Waals surface area (Å²) < 4.78 is 38.2. The molecule has 0 saturated carbocycles. The monoisotopic (exact) mass is 740 g/mol. The highest BCUT2D eigenvalue weighted by molar-refractivity contribution is 6.06. The number of amides is 2. The molecule has 0 bridgehead atoms. The Labute approximate surface area is 316 Å². The van der Waals surface area contributed by atoms with E-state index in [1.165, 1.54) is 38.6 Å². The van der Waals surface area contributed by atoms with Crippen molar-refractivity contribution in [1.82, 2.24) is 19.8 Å². The lowest BCUT2D eigenvalue weighted by Gasteiger charge is -2.26. The Morgan fingerprint density at radius 3 is 2.43 bits per heavy atom. The summed E-state index contributed by atoms with van der Waals surface area (Å²) in [6.45, 7) is 9.70. The molecule has 2 N–H and O–H groups in total. The number of halogens is 1. The number of nitrogens with zero attached hydrogens (tertiary/aromatic N) is 4. The van der Waals surface area contributed by atoms with E-state index < -0.39 is 11.7 Å². The number of aryl methyl sites for hydroxylation is 3. The van der Waals surface area contributed by atoms with E-state index in [4.69, 9.17) is 18.9 Å². The van der Waals surface area contributed by atoms with Gasteiger partial charge in [0.25, 0.3) is 5.91 Å². The van der Waals surface area contributed by atoms with Gasteiger partial charge < -0.3 is 39.4 Å². The van der Waals surface area contributed by atoms with Gasteiger partial charge in [0.1, 0.15) is 5.56 Å². The number of nitrogens with one attached hydrogen (secondary N) is 2. The first-order chi connectivity index (χ1) is 26.3. The van der Waals surface area contributed by atoms with Gasteiger partial charge in [0.2, 0.25) is 17.7 Å². The van der Waals surface area contributed by atoms with Crippen LogP contribution in [0.1, 0.15) is 59.2 Å². The number of ether oxygens (including phenoxy) is 4. The molecule has 2 amide bonds. The summed E-state index contributed by atoms with van der Waals surface area (Å²) in [5, 5.41) is 6.00. The number of methoxy groups -OCH3 is 1. The van der Waals surface area contributed by atoms with Gasteiger partial charge in [-0.2, -0.15) is 4.98 Å². The molecular weight excluding hydrogens is 691 g/mol. The third kappa shape index (κ3) is 10.2. The molecule has 2 fully saturated rings. The number of anilines is 3. The van der Waals surface area contributed by atoms with Crippen molar-refractivity contribution >= 4 is 29.1 Å². The quantitative estimate of drug-likeness (QED) is 0.122. The van der Waals surface area contributed by atoms with E-state index in [9.17, 15) is 9.59 Å². The number of likely N-dealkylation sites (tertiary alicyclic amines) is 1. The lowest BCUT2D eigenvalue weighted by molar-refractivity contribution is -0.135. The average molecular weight is 741 g/mol. The molecule has 12 nitrogen and oxygen atoms in total. The van der Waals surface area contributed by atoms with Gasteiger partial charge in [0.05, 0.1) is 26.9 Å². The zero-order valence-corrected chi connectivity index (χ0v) is 31.3. The summed E-state index contributed by atoms with van der Waals surface area (Å²) in [6.07, 6.45) is 6.78. The molecule has 3 heterocycles. The van der Waals surface area contributed by atoms with E-state index in [0.29, 0.717) is 68.6 Å². The Kier molecular flexibility index (Phi) is 13.3. The average Bonchev–Trinajstić information content (AvgIpc) is 3.19. The fourth-order valence-electron chi connectivity index (χ4n) is 6.61. The van der Waals surface area contributed by atoms with Crippen LogP contribution in [0.4, 0.5) is 21.7 Å². The van der Waals surface area contributed by atoms with E-state index in [0.717, 1.165) is 42.7 Å². The lowest BCUT2D eigenvalue weighted by atomic mass is 10.1. The molecule has 6 rings (SSSR count). The molecule has 1 aromatic heterocycles. The highest BCUT2D eigenvalue weighted by Gasteiger charge is 2.22. The molecule has 2 aliphatic rings. The summed E-state index contributed by atoms with van der Waals surface area (Å²) in [5.74, 6) is -0.00515. The highest BCUT2D eigenvalue weighted by Crippen LogP contribution is 2.35. The number of para-hydroxylation sites is 1. The SMILES string of the molecule is COc1cc(CCC(=O)N2CCOCC2)ccc1Oc1nc(Nc2ccc(OCCCN3CCCCC3)c(F)c2)ncc1C(=O)Nc1c(C)cccc1C. The third-order valence-electron chi connectivity index (χ3n) is 9.66. The van der Waals surface area contributed by atoms with Crippen LogP contribution in [0.15, 0.2) is 60.8 Å². The minimum absolute atomic E-state index is 0.0427. The summed E-state index contributed by atoms with van der Waals surface area (Å²) >= 11 is 0. The van der Waals surface area contributed by atoms with Gasteiger partial charge in [0, 0.05) is 49.7 Å². The van der Waals surface area contributed by atoms with Crippen LogP contribution in [0.3, 0.4) is 0 Å². The third-order valence-corrected chi connectivity index (χ3v) is 9.66. The minimum atomic E-state index is -0.518. The molecule has 0 spiro atoms. The Hall–Kier alpha value is -5.27. The molecule has 2 saturated heterocycles. The maximum absolute atomic E-state index is 15.1. The van der Waals surface area contributed by atoms with Gasteiger partial charge in [-0.15, -0.1) is 0 Å². The molecule has 0 radical (unpaired) electrons. The van der Waals surface area contributed by atoms with Gasteiger partial charge in [-0.3, -0.25) is 9.59 Å². The maximum Gasteiger partial charge on any atom is 0.262 e. The van der Waals surface area contributed by atoms with Crippen LogP contribution in [-0.4, -0.2) is 91.2 Å². The number of benzene rings is 3. The van der Waals surface area contributed by atoms with Crippen molar-refractivity contribution in [3.05, 3.63) is 88.9 Å². The van der Waals surface area contributed by atoms with Crippen LogP contribution < -0.4 is 24.8 Å². The Bertz CT molecular complexity index is 1890. The topological polar surface area (TPSA) is 127 Å². The number of rotatable bonds is 15. The van der Waals surface area contributed by atoms with Crippen molar-refractivity contribution in [2.24, 2.45) is 0 Å². The van der Waals surface area contributed by atoms with Crippen LogP contribution in [0.25, 0.3) is 0 Å². The predicted molar refractivity (Wildman–Crippen MR) is 205 cm³/mol. The normalized spacial score (nSPS) is 14.7. The van der Waals surface area contributed by atoms with Gasteiger partial charge >= 0.3 is 0 Å².